The van der Waals surface area contributed by atoms with Crippen LogP contribution >= 0.6 is 11.6 Å². The first-order valence-corrected chi connectivity index (χ1v) is 9.53. The first-order valence-electron chi connectivity index (χ1n) is 9.16. The van der Waals surface area contributed by atoms with E-state index in [1.54, 1.807) is 4.68 Å². The lowest BCUT2D eigenvalue weighted by atomic mass is 10.0. The standard InChI is InChI=1S/C19H26ClN5O2/c1-13(2)25-18(21)16(11-23-25)19(26)22-12-17(24-7-9-27-10-8-24)14-3-5-15(20)6-4-14/h3-6,11,13,17H,7-10,12,21H2,1-2H3,(H,22,26). The van der Waals surface area contributed by atoms with E-state index in [1.807, 2.05) is 38.1 Å². The summed E-state index contributed by atoms with van der Waals surface area (Å²) in [7, 11) is 0. The molecule has 0 radical (unpaired) electrons. The number of benzene rings is 1. The van der Waals surface area contributed by atoms with Crippen molar-refractivity contribution in [1.29, 1.82) is 0 Å². The number of nitrogen functional groups attached to an aromatic ring is 1. The Morgan fingerprint density at radius 1 is 1.30 bits per heavy atom. The van der Waals surface area contributed by atoms with Gasteiger partial charge in [0, 0.05) is 30.7 Å². The minimum Gasteiger partial charge on any atom is -0.383 e. The summed E-state index contributed by atoms with van der Waals surface area (Å²) in [6, 6.07) is 7.88. The van der Waals surface area contributed by atoms with Crippen LogP contribution in [0, 0.1) is 0 Å². The van der Waals surface area contributed by atoms with Gasteiger partial charge in [-0.1, -0.05) is 23.7 Å². The molecule has 2 heterocycles. The summed E-state index contributed by atoms with van der Waals surface area (Å²) in [5, 5.41) is 7.92. The van der Waals surface area contributed by atoms with Gasteiger partial charge in [-0.15, -0.1) is 0 Å². The molecule has 1 fully saturated rings. The molecule has 1 aliphatic heterocycles. The number of carbonyl (C=O) groups excluding carboxylic acids is 1. The largest absolute Gasteiger partial charge is 0.383 e. The second kappa shape index (κ2) is 8.73. The third-order valence-corrected chi connectivity index (χ3v) is 5.02. The monoisotopic (exact) mass is 391 g/mol. The number of aromatic nitrogens is 2. The number of morpholine rings is 1. The number of nitrogens with one attached hydrogen (secondary N) is 1. The molecule has 2 aromatic rings. The lowest BCUT2D eigenvalue weighted by molar-refractivity contribution is 0.0162. The van der Waals surface area contributed by atoms with Gasteiger partial charge >= 0.3 is 0 Å². The Labute approximate surface area is 164 Å². The Hall–Kier alpha value is -2.09. The van der Waals surface area contributed by atoms with Crippen LogP contribution in [0.5, 0.6) is 0 Å². The van der Waals surface area contributed by atoms with Crippen LogP contribution in [0.25, 0.3) is 0 Å². The normalized spacial score (nSPS) is 16.4. The number of carbonyl (C=O) groups is 1. The number of hydrogen-bond acceptors (Lipinski definition) is 5. The summed E-state index contributed by atoms with van der Waals surface area (Å²) in [6.45, 7) is 7.41. The minimum atomic E-state index is -0.216. The molecular formula is C19H26ClN5O2. The van der Waals surface area contributed by atoms with Gasteiger partial charge in [0.15, 0.2) is 0 Å². The van der Waals surface area contributed by atoms with Crippen LogP contribution in [-0.2, 0) is 4.74 Å². The van der Waals surface area contributed by atoms with Crippen molar-refractivity contribution in [3.63, 3.8) is 0 Å². The molecule has 0 bridgehead atoms. The molecule has 0 spiro atoms. The Bertz CT molecular complexity index is 769. The molecular weight excluding hydrogens is 366 g/mol. The van der Waals surface area contributed by atoms with E-state index < -0.39 is 0 Å². The third kappa shape index (κ3) is 4.61. The molecule has 27 heavy (non-hydrogen) atoms. The SMILES string of the molecule is CC(C)n1ncc(C(=O)NCC(c2ccc(Cl)cc2)N2CCOCC2)c1N. The zero-order valence-corrected chi connectivity index (χ0v) is 16.4. The number of hydrogen-bond donors (Lipinski definition) is 2. The van der Waals surface area contributed by atoms with Crippen molar-refractivity contribution in [2.45, 2.75) is 25.9 Å². The molecule has 7 nitrogen and oxygen atoms in total. The third-order valence-electron chi connectivity index (χ3n) is 4.76. The van der Waals surface area contributed by atoms with Crippen LogP contribution in [-0.4, -0.2) is 53.4 Å². The van der Waals surface area contributed by atoms with Gasteiger partial charge in [0.1, 0.15) is 11.4 Å². The number of rotatable bonds is 6. The van der Waals surface area contributed by atoms with Gasteiger partial charge in [-0.3, -0.25) is 9.69 Å². The average molecular weight is 392 g/mol. The fourth-order valence-corrected chi connectivity index (χ4v) is 3.40. The Morgan fingerprint density at radius 2 is 1.96 bits per heavy atom. The molecule has 1 saturated heterocycles. The summed E-state index contributed by atoms with van der Waals surface area (Å²) in [4.78, 5) is 15.0. The average Bonchev–Trinajstić information content (AvgIpc) is 3.06. The maximum Gasteiger partial charge on any atom is 0.256 e. The smallest absolute Gasteiger partial charge is 0.256 e. The van der Waals surface area contributed by atoms with E-state index in [1.165, 1.54) is 6.20 Å². The van der Waals surface area contributed by atoms with Crippen LogP contribution in [0.4, 0.5) is 5.82 Å². The van der Waals surface area contributed by atoms with E-state index in [0.29, 0.717) is 36.2 Å². The molecule has 1 aromatic heterocycles. The highest BCUT2D eigenvalue weighted by atomic mass is 35.5. The molecule has 8 heteroatoms. The van der Waals surface area contributed by atoms with Crippen molar-refractivity contribution in [3.8, 4) is 0 Å². The first kappa shape index (κ1) is 19.7. The number of amides is 1. The van der Waals surface area contributed by atoms with E-state index in [2.05, 4.69) is 15.3 Å². The molecule has 3 N–H and O–H groups in total. The fourth-order valence-electron chi connectivity index (χ4n) is 3.27. The minimum absolute atomic E-state index is 0.0384. The van der Waals surface area contributed by atoms with Crippen molar-refractivity contribution >= 4 is 23.3 Å². The summed E-state index contributed by atoms with van der Waals surface area (Å²) in [6.07, 6.45) is 1.52. The number of ether oxygens (including phenoxy) is 1. The van der Waals surface area contributed by atoms with Crippen molar-refractivity contribution < 1.29 is 9.53 Å². The fraction of sp³-hybridized carbons (Fsp3) is 0.474. The first-order chi connectivity index (χ1) is 13.0. The number of anilines is 1. The molecule has 1 atom stereocenters. The van der Waals surface area contributed by atoms with Crippen LogP contribution in [0.1, 0.15) is 41.9 Å². The number of halogens is 1. The van der Waals surface area contributed by atoms with E-state index in [-0.39, 0.29) is 18.0 Å². The van der Waals surface area contributed by atoms with Gasteiger partial charge < -0.3 is 15.8 Å². The maximum atomic E-state index is 12.7. The van der Waals surface area contributed by atoms with Crippen LogP contribution in [0.2, 0.25) is 5.02 Å². The quantitative estimate of drug-likeness (QED) is 0.790. The summed E-state index contributed by atoms with van der Waals surface area (Å²) < 4.78 is 7.11. The molecule has 146 valence electrons. The van der Waals surface area contributed by atoms with Gasteiger partial charge in [-0.2, -0.15) is 5.10 Å². The maximum absolute atomic E-state index is 12.7. The lowest BCUT2D eigenvalue weighted by Gasteiger charge is -2.35. The van der Waals surface area contributed by atoms with Crippen LogP contribution in [0.3, 0.4) is 0 Å². The Kier molecular flexibility index (Phi) is 6.36. The predicted molar refractivity (Wildman–Crippen MR) is 106 cm³/mol. The second-order valence-corrected chi connectivity index (χ2v) is 7.34. The van der Waals surface area contributed by atoms with Crippen molar-refractivity contribution in [2.24, 2.45) is 0 Å². The highest BCUT2D eigenvalue weighted by Gasteiger charge is 2.24. The molecule has 1 aromatic carbocycles. The van der Waals surface area contributed by atoms with Gasteiger partial charge in [-0.25, -0.2) is 4.68 Å². The van der Waals surface area contributed by atoms with Gasteiger partial charge in [0.05, 0.1) is 25.5 Å². The molecule has 1 aliphatic rings. The number of nitrogens with two attached hydrogens (primary N) is 1. The highest BCUT2D eigenvalue weighted by molar-refractivity contribution is 6.30. The van der Waals surface area contributed by atoms with Crippen molar-refractivity contribution in [2.75, 3.05) is 38.6 Å². The highest BCUT2D eigenvalue weighted by Crippen LogP contribution is 2.23. The number of nitrogens with zero attached hydrogens (tertiary/aromatic N) is 3. The topological polar surface area (TPSA) is 85.4 Å². The molecule has 1 unspecified atom stereocenters. The van der Waals surface area contributed by atoms with Crippen LogP contribution in [0.15, 0.2) is 30.5 Å². The predicted octanol–water partition coefficient (Wildman–Crippen LogP) is 2.50. The molecule has 0 aliphatic carbocycles. The van der Waals surface area contributed by atoms with E-state index in [0.717, 1.165) is 18.7 Å². The summed E-state index contributed by atoms with van der Waals surface area (Å²) in [5.41, 5.74) is 7.59. The second-order valence-electron chi connectivity index (χ2n) is 6.91. The van der Waals surface area contributed by atoms with E-state index in [9.17, 15) is 4.79 Å². The lowest BCUT2D eigenvalue weighted by Crippen LogP contribution is -2.43. The van der Waals surface area contributed by atoms with E-state index >= 15 is 0 Å². The Balaban J connectivity index is 1.74. The van der Waals surface area contributed by atoms with Gasteiger partial charge in [-0.05, 0) is 31.5 Å². The van der Waals surface area contributed by atoms with Crippen molar-refractivity contribution in [1.82, 2.24) is 20.0 Å². The van der Waals surface area contributed by atoms with Gasteiger partial charge in [0.2, 0.25) is 0 Å². The molecule has 3 rings (SSSR count). The van der Waals surface area contributed by atoms with Gasteiger partial charge in [0.25, 0.3) is 5.91 Å². The molecule has 1 amide bonds. The Morgan fingerprint density at radius 3 is 2.56 bits per heavy atom. The summed E-state index contributed by atoms with van der Waals surface area (Å²) >= 11 is 6.03. The van der Waals surface area contributed by atoms with E-state index in [4.69, 9.17) is 22.1 Å². The van der Waals surface area contributed by atoms with Crippen LogP contribution < -0.4 is 11.1 Å². The molecule has 0 saturated carbocycles. The zero-order valence-electron chi connectivity index (χ0n) is 15.7. The summed E-state index contributed by atoms with van der Waals surface area (Å²) in [5.74, 6) is 0.170. The van der Waals surface area contributed by atoms with Crippen molar-refractivity contribution in [3.05, 3.63) is 46.6 Å². The zero-order chi connectivity index (χ0) is 19.4.